The minimum Gasteiger partial charge on any atom is -0.497 e. The van der Waals surface area contributed by atoms with Crippen LogP contribution in [0.2, 0.25) is 0 Å². The van der Waals surface area contributed by atoms with E-state index in [0.29, 0.717) is 41.2 Å². The first-order chi connectivity index (χ1) is 18.0. The number of methoxy groups -OCH3 is 1. The number of amides is 2. The number of primary amides is 1. The minimum absolute atomic E-state index is 0.0644. The molecule has 0 atom stereocenters. The molecule has 1 aromatic heterocycles. The molecule has 0 saturated heterocycles. The zero-order chi connectivity index (χ0) is 26.5. The van der Waals surface area contributed by atoms with Gasteiger partial charge in [0, 0.05) is 6.42 Å². The molecule has 0 unspecified atom stereocenters. The molecule has 12 heteroatoms. The van der Waals surface area contributed by atoms with E-state index in [1.807, 2.05) is 31.2 Å². The number of benzene rings is 2. The summed E-state index contributed by atoms with van der Waals surface area (Å²) in [5.74, 6) is 1.33. The molecule has 0 saturated carbocycles. The van der Waals surface area contributed by atoms with Gasteiger partial charge < -0.3 is 24.4 Å². The number of nitrogens with one attached hydrogen (secondary N) is 1. The number of carbonyl (C=O) groups is 2. The molecule has 0 bridgehead atoms. The predicted molar refractivity (Wildman–Crippen MR) is 138 cm³/mol. The lowest BCUT2D eigenvalue weighted by Gasteiger charge is -2.11. The lowest BCUT2D eigenvalue weighted by atomic mass is 10.1. The second-order valence-electron chi connectivity index (χ2n) is 7.64. The summed E-state index contributed by atoms with van der Waals surface area (Å²) in [5, 5.41) is 12.3. The molecule has 1 heterocycles. The van der Waals surface area contributed by atoms with Crippen molar-refractivity contribution in [3.63, 3.8) is 0 Å². The van der Waals surface area contributed by atoms with Crippen LogP contribution in [0.15, 0.2) is 57.2 Å². The SMILES string of the molecule is CCOc1cc(/C=N/NC(=O)CSc2nnc(CCCc3ccc(OC)cc3)o2)ccc1OCC(N)=O. The first-order valence-electron chi connectivity index (χ1n) is 11.5. The molecule has 3 N–H and O–H groups in total. The standard InChI is InChI=1S/C25H29N5O6S/c1-3-34-21-13-18(9-12-20(21)35-15-22(26)31)14-27-28-23(32)16-37-25-30-29-24(36-25)6-4-5-17-7-10-19(33-2)11-8-17/h7-14H,3-6,15-16H2,1-2H3,(H2,26,31)(H,28,32)/b27-14+. The van der Waals surface area contributed by atoms with E-state index in [0.717, 1.165) is 30.4 Å². The van der Waals surface area contributed by atoms with Gasteiger partial charge in [0.25, 0.3) is 17.0 Å². The van der Waals surface area contributed by atoms with E-state index in [1.54, 1.807) is 25.3 Å². The van der Waals surface area contributed by atoms with Gasteiger partial charge in [-0.3, -0.25) is 9.59 Å². The summed E-state index contributed by atoms with van der Waals surface area (Å²) in [6.45, 7) is 1.97. The van der Waals surface area contributed by atoms with Crippen LogP contribution in [0.5, 0.6) is 17.2 Å². The molecule has 0 spiro atoms. The molecule has 37 heavy (non-hydrogen) atoms. The molecule has 0 radical (unpaired) electrons. The molecule has 11 nitrogen and oxygen atoms in total. The molecule has 196 valence electrons. The number of nitrogens with two attached hydrogens (primary N) is 1. The van der Waals surface area contributed by atoms with Crippen LogP contribution in [0.3, 0.4) is 0 Å². The molecule has 2 aromatic carbocycles. The van der Waals surface area contributed by atoms with Gasteiger partial charge in [0.2, 0.25) is 5.89 Å². The van der Waals surface area contributed by atoms with Crippen molar-refractivity contribution in [2.75, 3.05) is 26.1 Å². The monoisotopic (exact) mass is 527 g/mol. The van der Waals surface area contributed by atoms with Gasteiger partial charge in [0.05, 0.1) is 25.7 Å². The van der Waals surface area contributed by atoms with Crippen molar-refractivity contribution in [2.45, 2.75) is 31.4 Å². The van der Waals surface area contributed by atoms with Crippen LogP contribution in [0, 0.1) is 0 Å². The Labute approximate surface area is 218 Å². The highest BCUT2D eigenvalue weighted by molar-refractivity contribution is 7.99. The van der Waals surface area contributed by atoms with Crippen LogP contribution in [-0.2, 0) is 22.4 Å². The van der Waals surface area contributed by atoms with Gasteiger partial charge in [-0.15, -0.1) is 10.2 Å². The van der Waals surface area contributed by atoms with Crippen molar-refractivity contribution in [1.82, 2.24) is 15.6 Å². The van der Waals surface area contributed by atoms with Crippen molar-refractivity contribution in [3.8, 4) is 17.2 Å². The van der Waals surface area contributed by atoms with Crippen LogP contribution in [-0.4, -0.2) is 54.3 Å². The molecule has 2 amide bonds. The van der Waals surface area contributed by atoms with E-state index in [-0.39, 0.29) is 18.3 Å². The number of thioether (sulfide) groups is 1. The Hall–Kier alpha value is -4.06. The number of aromatic nitrogens is 2. The summed E-state index contributed by atoms with van der Waals surface area (Å²) in [6.07, 6.45) is 3.85. The maximum atomic E-state index is 12.1. The van der Waals surface area contributed by atoms with Gasteiger partial charge in [-0.1, -0.05) is 23.9 Å². The molecule has 0 aliphatic rings. The van der Waals surface area contributed by atoms with Crippen molar-refractivity contribution in [1.29, 1.82) is 0 Å². The van der Waals surface area contributed by atoms with E-state index in [9.17, 15) is 9.59 Å². The fourth-order valence-corrected chi connectivity index (χ4v) is 3.69. The second kappa shape index (κ2) is 14.5. The zero-order valence-electron chi connectivity index (χ0n) is 20.6. The third-order valence-corrected chi connectivity index (χ3v) is 5.65. The maximum absolute atomic E-state index is 12.1. The van der Waals surface area contributed by atoms with Crippen LogP contribution < -0.4 is 25.4 Å². The number of hydrogen-bond donors (Lipinski definition) is 2. The molecular formula is C25H29N5O6S. The van der Waals surface area contributed by atoms with Crippen LogP contribution in [0.4, 0.5) is 0 Å². The molecule has 0 aliphatic heterocycles. The first kappa shape index (κ1) is 27.5. The number of nitrogens with zero attached hydrogens (tertiary/aromatic N) is 3. The molecule has 3 rings (SSSR count). The Morgan fingerprint density at radius 3 is 2.65 bits per heavy atom. The van der Waals surface area contributed by atoms with E-state index >= 15 is 0 Å². The molecule has 0 fully saturated rings. The Bertz CT molecular complexity index is 1200. The third kappa shape index (κ3) is 9.49. The lowest BCUT2D eigenvalue weighted by Crippen LogP contribution is -2.20. The highest BCUT2D eigenvalue weighted by Gasteiger charge is 2.10. The number of aryl methyl sites for hydroxylation is 2. The van der Waals surface area contributed by atoms with Crippen molar-refractivity contribution in [3.05, 3.63) is 59.5 Å². The number of hydrazone groups is 1. The summed E-state index contributed by atoms with van der Waals surface area (Å²) >= 11 is 1.13. The molecule has 3 aromatic rings. The Morgan fingerprint density at radius 1 is 1.11 bits per heavy atom. The number of rotatable bonds is 15. The fraction of sp³-hybridized carbons (Fsp3) is 0.320. The van der Waals surface area contributed by atoms with Crippen molar-refractivity contribution < 1.29 is 28.2 Å². The Balaban J connectivity index is 1.40. The second-order valence-corrected chi connectivity index (χ2v) is 8.57. The summed E-state index contributed by atoms with van der Waals surface area (Å²) in [5.41, 5.74) is 9.43. The number of carbonyl (C=O) groups excluding carboxylic acids is 2. The van der Waals surface area contributed by atoms with Gasteiger partial charge >= 0.3 is 0 Å². The van der Waals surface area contributed by atoms with E-state index in [2.05, 4.69) is 20.7 Å². The maximum Gasteiger partial charge on any atom is 0.277 e. The highest BCUT2D eigenvalue weighted by atomic mass is 32.2. The smallest absolute Gasteiger partial charge is 0.277 e. The first-order valence-corrected chi connectivity index (χ1v) is 12.5. The molecular weight excluding hydrogens is 498 g/mol. The zero-order valence-corrected chi connectivity index (χ0v) is 21.5. The fourth-order valence-electron chi connectivity index (χ4n) is 3.11. The highest BCUT2D eigenvalue weighted by Crippen LogP contribution is 2.28. The van der Waals surface area contributed by atoms with Crippen molar-refractivity contribution in [2.24, 2.45) is 10.8 Å². The van der Waals surface area contributed by atoms with Gasteiger partial charge in [0.15, 0.2) is 18.1 Å². The summed E-state index contributed by atoms with van der Waals surface area (Å²) in [7, 11) is 1.64. The van der Waals surface area contributed by atoms with Gasteiger partial charge in [-0.25, -0.2) is 5.43 Å². The lowest BCUT2D eigenvalue weighted by molar-refractivity contribution is -0.120. The van der Waals surface area contributed by atoms with Crippen LogP contribution >= 0.6 is 11.8 Å². The van der Waals surface area contributed by atoms with Gasteiger partial charge in [-0.05, 0) is 61.2 Å². The topological polar surface area (TPSA) is 151 Å². The quantitative estimate of drug-likeness (QED) is 0.173. The Morgan fingerprint density at radius 2 is 1.92 bits per heavy atom. The van der Waals surface area contributed by atoms with Gasteiger partial charge in [0.1, 0.15) is 5.75 Å². The number of ether oxygens (including phenoxy) is 3. The van der Waals surface area contributed by atoms with E-state index < -0.39 is 5.91 Å². The van der Waals surface area contributed by atoms with Crippen LogP contribution in [0.1, 0.15) is 30.4 Å². The summed E-state index contributed by atoms with van der Waals surface area (Å²) in [6, 6.07) is 13.0. The minimum atomic E-state index is -0.588. The number of hydrogen-bond acceptors (Lipinski definition) is 10. The van der Waals surface area contributed by atoms with Gasteiger partial charge in [-0.2, -0.15) is 5.10 Å². The van der Waals surface area contributed by atoms with Crippen LogP contribution in [0.25, 0.3) is 0 Å². The third-order valence-electron chi connectivity index (χ3n) is 4.83. The average molecular weight is 528 g/mol. The summed E-state index contributed by atoms with van der Waals surface area (Å²) < 4.78 is 21.6. The predicted octanol–water partition coefficient (Wildman–Crippen LogP) is 2.76. The average Bonchev–Trinajstić information content (AvgIpc) is 3.35. The Kier molecular flexibility index (Phi) is 10.8. The normalized spacial score (nSPS) is 10.9. The van der Waals surface area contributed by atoms with Crippen molar-refractivity contribution >= 4 is 29.8 Å². The van der Waals surface area contributed by atoms with E-state index in [1.165, 1.54) is 11.8 Å². The molecule has 0 aliphatic carbocycles. The summed E-state index contributed by atoms with van der Waals surface area (Å²) in [4.78, 5) is 23.1. The van der Waals surface area contributed by atoms with E-state index in [4.69, 9.17) is 24.4 Å². The largest absolute Gasteiger partial charge is 0.497 e.